The van der Waals surface area contributed by atoms with Crippen LogP contribution in [0.5, 0.6) is 17.2 Å². The van der Waals surface area contributed by atoms with E-state index < -0.39 is 0 Å². The van der Waals surface area contributed by atoms with Crippen molar-refractivity contribution in [3.63, 3.8) is 0 Å². The first kappa shape index (κ1) is 21.9. The van der Waals surface area contributed by atoms with Crippen molar-refractivity contribution in [3.05, 3.63) is 59.3 Å². The molecular formula is C26H29NO5. The van der Waals surface area contributed by atoms with Gasteiger partial charge < -0.3 is 14.2 Å². The molecule has 2 aliphatic rings. The Hall–Kier alpha value is -3.28. The molecule has 1 unspecified atom stereocenters. The van der Waals surface area contributed by atoms with Gasteiger partial charge in [0.15, 0.2) is 17.3 Å². The lowest BCUT2D eigenvalue weighted by atomic mass is 9.69. The molecule has 1 aliphatic heterocycles. The lowest BCUT2D eigenvalue weighted by Crippen LogP contribution is -2.43. The van der Waals surface area contributed by atoms with Crippen LogP contribution >= 0.6 is 0 Å². The van der Waals surface area contributed by atoms with Crippen molar-refractivity contribution in [2.24, 2.45) is 5.41 Å². The van der Waals surface area contributed by atoms with Crippen LogP contribution in [0.4, 0.5) is 5.69 Å². The highest BCUT2D eigenvalue weighted by atomic mass is 16.5. The van der Waals surface area contributed by atoms with E-state index in [1.165, 1.54) is 0 Å². The molecule has 0 fully saturated rings. The van der Waals surface area contributed by atoms with Gasteiger partial charge in [-0.3, -0.25) is 14.5 Å². The van der Waals surface area contributed by atoms with Crippen LogP contribution in [0, 0.1) is 5.41 Å². The van der Waals surface area contributed by atoms with Crippen LogP contribution in [0.1, 0.15) is 44.6 Å². The summed E-state index contributed by atoms with van der Waals surface area (Å²) in [6.07, 6.45) is 1.24. The molecule has 4 rings (SSSR count). The summed E-state index contributed by atoms with van der Waals surface area (Å²) in [5.74, 6) is 1.44. The van der Waals surface area contributed by atoms with Crippen molar-refractivity contribution in [3.8, 4) is 17.2 Å². The van der Waals surface area contributed by atoms with Crippen LogP contribution in [0.25, 0.3) is 0 Å². The number of carbonyl (C=O) groups is 2. The number of carbonyl (C=O) groups excluding carboxylic acids is 2. The van der Waals surface area contributed by atoms with Gasteiger partial charge in [-0.15, -0.1) is 0 Å². The predicted octanol–water partition coefficient (Wildman–Crippen LogP) is 4.88. The molecule has 0 spiro atoms. The summed E-state index contributed by atoms with van der Waals surface area (Å²) in [5.41, 5.74) is 2.73. The maximum Gasteiger partial charge on any atom is 0.232 e. The van der Waals surface area contributed by atoms with Gasteiger partial charge in [0, 0.05) is 41.7 Å². The van der Waals surface area contributed by atoms with Gasteiger partial charge in [-0.25, -0.2) is 0 Å². The summed E-state index contributed by atoms with van der Waals surface area (Å²) in [5, 5.41) is 0. The normalized spacial score (nSPS) is 20.2. The van der Waals surface area contributed by atoms with Crippen LogP contribution < -0.4 is 19.1 Å². The van der Waals surface area contributed by atoms with E-state index in [0.717, 1.165) is 11.3 Å². The number of amides is 1. The van der Waals surface area contributed by atoms with Crippen molar-refractivity contribution in [1.82, 2.24) is 0 Å². The Labute approximate surface area is 188 Å². The second-order valence-electron chi connectivity index (χ2n) is 9.07. The monoisotopic (exact) mass is 435 g/mol. The average molecular weight is 436 g/mol. The topological polar surface area (TPSA) is 65.1 Å². The molecule has 2 aromatic carbocycles. The number of nitrogens with zero attached hydrogens (tertiary/aromatic N) is 1. The van der Waals surface area contributed by atoms with E-state index >= 15 is 0 Å². The van der Waals surface area contributed by atoms with Crippen molar-refractivity contribution >= 4 is 17.4 Å². The molecule has 1 aliphatic carbocycles. The summed E-state index contributed by atoms with van der Waals surface area (Å²) >= 11 is 0. The number of hydrogen-bond donors (Lipinski definition) is 0. The molecule has 6 nitrogen and oxygen atoms in total. The second-order valence-corrected chi connectivity index (χ2v) is 9.07. The van der Waals surface area contributed by atoms with Gasteiger partial charge in [-0.1, -0.05) is 32.0 Å². The zero-order valence-corrected chi connectivity index (χ0v) is 19.2. The summed E-state index contributed by atoms with van der Waals surface area (Å²) in [4.78, 5) is 28.8. The number of hydrogen-bond acceptors (Lipinski definition) is 5. The zero-order chi connectivity index (χ0) is 23.0. The van der Waals surface area contributed by atoms with Gasteiger partial charge in [-0.2, -0.15) is 0 Å². The number of methoxy groups -OCH3 is 3. The first-order valence-electron chi connectivity index (χ1n) is 10.7. The van der Waals surface area contributed by atoms with Crippen LogP contribution in [-0.2, 0) is 9.59 Å². The Bertz CT molecular complexity index is 1100. The lowest BCUT2D eigenvalue weighted by molar-refractivity contribution is -0.121. The minimum absolute atomic E-state index is 0.0580. The number of ether oxygens (including phenoxy) is 3. The van der Waals surface area contributed by atoms with Crippen molar-refractivity contribution < 1.29 is 23.8 Å². The SMILES string of the molecule is COc1cccc(N2C(=O)CC(c3cccc(OC)c3OC)C3=C2CC(C)(C)CC3=O)c1. The Balaban J connectivity index is 1.93. The largest absolute Gasteiger partial charge is 0.497 e. The molecule has 1 atom stereocenters. The molecular weight excluding hydrogens is 406 g/mol. The minimum atomic E-state index is -0.381. The third-order valence-corrected chi connectivity index (χ3v) is 6.26. The van der Waals surface area contributed by atoms with Gasteiger partial charge in [0.25, 0.3) is 0 Å². The highest BCUT2D eigenvalue weighted by molar-refractivity contribution is 6.08. The van der Waals surface area contributed by atoms with Crippen LogP contribution in [-0.4, -0.2) is 33.0 Å². The van der Waals surface area contributed by atoms with E-state index in [1.807, 2.05) is 42.5 Å². The summed E-state index contributed by atoms with van der Waals surface area (Å²) in [6.45, 7) is 4.14. The van der Waals surface area contributed by atoms with Gasteiger partial charge >= 0.3 is 0 Å². The molecule has 0 radical (unpaired) electrons. The molecule has 0 N–H and O–H groups in total. The Morgan fingerprint density at radius 3 is 2.38 bits per heavy atom. The Kier molecular flexibility index (Phi) is 5.71. The average Bonchev–Trinajstić information content (AvgIpc) is 2.76. The summed E-state index contributed by atoms with van der Waals surface area (Å²) < 4.78 is 16.5. The van der Waals surface area contributed by atoms with E-state index in [4.69, 9.17) is 14.2 Å². The van der Waals surface area contributed by atoms with E-state index in [-0.39, 0.29) is 29.4 Å². The molecule has 0 saturated carbocycles. The van der Waals surface area contributed by atoms with Crippen LogP contribution in [0.15, 0.2) is 53.7 Å². The fraction of sp³-hybridized carbons (Fsp3) is 0.385. The number of para-hydroxylation sites is 1. The second kappa shape index (κ2) is 8.34. The smallest absolute Gasteiger partial charge is 0.232 e. The lowest BCUT2D eigenvalue weighted by Gasteiger charge is -2.43. The number of allylic oxidation sites excluding steroid dienone is 2. The maximum atomic E-state index is 13.6. The van der Waals surface area contributed by atoms with Crippen LogP contribution in [0.3, 0.4) is 0 Å². The van der Waals surface area contributed by atoms with E-state index in [0.29, 0.717) is 41.4 Å². The molecule has 0 bridgehead atoms. The molecule has 32 heavy (non-hydrogen) atoms. The molecule has 2 aromatic rings. The Morgan fingerprint density at radius 1 is 0.938 bits per heavy atom. The standard InChI is InChI=1S/C26H29NO5/c1-26(2)14-20-24(21(28)15-26)19(18-10-7-11-22(31-4)25(18)32-5)13-23(29)27(20)16-8-6-9-17(12-16)30-3/h6-12,19H,13-15H2,1-5H3. The number of anilines is 1. The van der Waals surface area contributed by atoms with Gasteiger partial charge in [-0.05, 0) is 30.0 Å². The zero-order valence-electron chi connectivity index (χ0n) is 19.2. The molecule has 168 valence electrons. The maximum absolute atomic E-state index is 13.6. The van der Waals surface area contributed by atoms with Gasteiger partial charge in [0.1, 0.15) is 5.75 Å². The van der Waals surface area contributed by atoms with Crippen molar-refractivity contribution in [1.29, 1.82) is 0 Å². The molecule has 0 aromatic heterocycles. The van der Waals surface area contributed by atoms with Crippen molar-refractivity contribution in [2.75, 3.05) is 26.2 Å². The Morgan fingerprint density at radius 2 is 1.69 bits per heavy atom. The van der Waals surface area contributed by atoms with Gasteiger partial charge in [0.05, 0.1) is 27.0 Å². The first-order valence-corrected chi connectivity index (χ1v) is 10.7. The molecule has 1 heterocycles. The highest BCUT2D eigenvalue weighted by Crippen LogP contribution is 2.50. The van der Waals surface area contributed by atoms with Gasteiger partial charge in [0.2, 0.25) is 5.91 Å². The van der Waals surface area contributed by atoms with E-state index in [2.05, 4.69) is 13.8 Å². The number of ketones is 1. The first-order chi connectivity index (χ1) is 15.3. The fourth-order valence-electron chi connectivity index (χ4n) is 4.92. The van der Waals surface area contributed by atoms with E-state index in [9.17, 15) is 9.59 Å². The summed E-state index contributed by atoms with van der Waals surface area (Å²) in [6, 6.07) is 13.0. The van der Waals surface area contributed by atoms with E-state index in [1.54, 1.807) is 26.2 Å². The number of rotatable bonds is 5. The third-order valence-electron chi connectivity index (χ3n) is 6.26. The van der Waals surface area contributed by atoms with Crippen LogP contribution in [0.2, 0.25) is 0 Å². The van der Waals surface area contributed by atoms with Crippen molar-refractivity contribution in [2.45, 2.75) is 39.0 Å². The fourth-order valence-corrected chi connectivity index (χ4v) is 4.92. The molecule has 6 heteroatoms. The molecule has 0 saturated heterocycles. The summed E-state index contributed by atoms with van der Waals surface area (Å²) in [7, 11) is 4.76. The minimum Gasteiger partial charge on any atom is -0.497 e. The predicted molar refractivity (Wildman–Crippen MR) is 122 cm³/mol. The highest BCUT2D eigenvalue weighted by Gasteiger charge is 2.45. The number of Topliss-reactive ketones (excluding diaryl/α,β-unsaturated/α-hetero) is 1. The molecule has 1 amide bonds. The third kappa shape index (κ3) is 3.74. The quantitative estimate of drug-likeness (QED) is 0.670. The number of benzene rings is 2.